The van der Waals surface area contributed by atoms with E-state index in [4.69, 9.17) is 4.74 Å². The molecule has 3 aromatic carbocycles. The Balaban J connectivity index is 1.63. The maximum Gasteiger partial charge on any atom is 0.246 e. The van der Waals surface area contributed by atoms with Crippen LogP contribution in [-0.2, 0) is 17.8 Å². The van der Waals surface area contributed by atoms with Crippen molar-refractivity contribution in [1.82, 2.24) is 4.90 Å². The Kier molecular flexibility index (Phi) is 5.92. The van der Waals surface area contributed by atoms with Gasteiger partial charge in [0.2, 0.25) is 5.91 Å². The lowest BCUT2D eigenvalue weighted by Crippen LogP contribution is -2.40. The van der Waals surface area contributed by atoms with Crippen molar-refractivity contribution in [1.29, 1.82) is 0 Å². The summed E-state index contributed by atoms with van der Waals surface area (Å²) in [5, 5.41) is 3.11. The lowest BCUT2D eigenvalue weighted by molar-refractivity contribution is -0.122. The summed E-state index contributed by atoms with van der Waals surface area (Å²) in [7, 11) is 0. The lowest BCUT2D eigenvalue weighted by Gasteiger charge is -2.35. The summed E-state index contributed by atoms with van der Waals surface area (Å²) in [6, 6.07) is 25.7. The minimum absolute atomic E-state index is 0.0391. The normalized spacial score (nSPS) is 14.7. The Morgan fingerprint density at radius 1 is 0.966 bits per heavy atom. The second kappa shape index (κ2) is 8.93. The van der Waals surface area contributed by atoms with Gasteiger partial charge in [-0.05, 0) is 42.2 Å². The van der Waals surface area contributed by atoms with Gasteiger partial charge < -0.3 is 10.1 Å². The maximum atomic E-state index is 13.5. The van der Waals surface area contributed by atoms with Crippen molar-refractivity contribution in [3.63, 3.8) is 0 Å². The van der Waals surface area contributed by atoms with Crippen molar-refractivity contribution in [2.45, 2.75) is 25.9 Å². The molecule has 148 valence electrons. The van der Waals surface area contributed by atoms with Crippen molar-refractivity contribution in [3.8, 4) is 5.75 Å². The number of para-hydroxylation sites is 2. The van der Waals surface area contributed by atoms with E-state index in [2.05, 4.69) is 34.5 Å². The quantitative estimate of drug-likeness (QED) is 0.660. The van der Waals surface area contributed by atoms with Crippen LogP contribution in [0, 0.1) is 0 Å². The third-order valence-corrected chi connectivity index (χ3v) is 5.33. The van der Waals surface area contributed by atoms with E-state index in [1.165, 1.54) is 11.1 Å². The van der Waals surface area contributed by atoms with Gasteiger partial charge in [0.1, 0.15) is 11.8 Å². The van der Waals surface area contributed by atoms with Crippen LogP contribution in [0.25, 0.3) is 0 Å². The van der Waals surface area contributed by atoms with Crippen LogP contribution in [0.5, 0.6) is 5.75 Å². The summed E-state index contributed by atoms with van der Waals surface area (Å²) in [5.41, 5.74) is 4.37. The Hall–Kier alpha value is -3.11. The highest BCUT2D eigenvalue weighted by atomic mass is 16.5. The first-order valence-electron chi connectivity index (χ1n) is 10.1. The van der Waals surface area contributed by atoms with Gasteiger partial charge in [-0.25, -0.2) is 0 Å². The molecule has 0 saturated heterocycles. The summed E-state index contributed by atoms with van der Waals surface area (Å²) >= 11 is 0. The number of hydrogen-bond acceptors (Lipinski definition) is 3. The Labute approximate surface area is 172 Å². The highest BCUT2D eigenvalue weighted by molar-refractivity contribution is 5.96. The molecule has 1 atom stereocenters. The number of carbonyl (C=O) groups excluding carboxylic acids is 1. The van der Waals surface area contributed by atoms with Crippen molar-refractivity contribution >= 4 is 11.6 Å². The number of nitrogens with one attached hydrogen (secondary N) is 1. The standard InChI is InChI=1S/C25H26N2O2/c1-2-29-23-15-9-8-14-22(23)26-25(28)24(20-11-4-3-5-12-20)27-17-16-19-10-6-7-13-21(19)18-27/h3-15,24H,2,16-18H2,1H3,(H,26,28)/t24-/m1/s1. The molecular formula is C25H26N2O2. The largest absolute Gasteiger partial charge is 0.492 e. The molecule has 1 aliphatic rings. The van der Waals surface area contributed by atoms with Gasteiger partial charge in [0, 0.05) is 13.1 Å². The van der Waals surface area contributed by atoms with Gasteiger partial charge in [0.15, 0.2) is 0 Å². The zero-order valence-corrected chi connectivity index (χ0v) is 16.7. The van der Waals surface area contributed by atoms with Gasteiger partial charge in [-0.2, -0.15) is 0 Å². The van der Waals surface area contributed by atoms with Crippen molar-refractivity contribution in [3.05, 3.63) is 95.6 Å². The van der Waals surface area contributed by atoms with Crippen molar-refractivity contribution < 1.29 is 9.53 Å². The van der Waals surface area contributed by atoms with E-state index in [-0.39, 0.29) is 11.9 Å². The first kappa shape index (κ1) is 19.2. The predicted octanol–water partition coefficient (Wildman–Crippen LogP) is 4.82. The molecule has 0 spiro atoms. The second-order valence-electron chi connectivity index (χ2n) is 7.22. The molecule has 0 aromatic heterocycles. The van der Waals surface area contributed by atoms with E-state index in [1.807, 2.05) is 61.5 Å². The van der Waals surface area contributed by atoms with Gasteiger partial charge in [-0.3, -0.25) is 9.69 Å². The highest BCUT2D eigenvalue weighted by Gasteiger charge is 2.30. The van der Waals surface area contributed by atoms with Crippen LogP contribution >= 0.6 is 0 Å². The molecule has 0 fully saturated rings. The van der Waals surface area contributed by atoms with Gasteiger partial charge in [-0.1, -0.05) is 66.7 Å². The average Bonchev–Trinajstić information content (AvgIpc) is 2.76. The van der Waals surface area contributed by atoms with Crippen molar-refractivity contribution in [2.75, 3.05) is 18.5 Å². The molecular weight excluding hydrogens is 360 g/mol. The van der Waals surface area contributed by atoms with E-state index in [0.29, 0.717) is 18.0 Å². The van der Waals surface area contributed by atoms with Crippen molar-refractivity contribution in [2.24, 2.45) is 0 Å². The Morgan fingerprint density at radius 2 is 1.66 bits per heavy atom. The summed E-state index contributed by atoms with van der Waals surface area (Å²) < 4.78 is 5.69. The molecule has 4 heteroatoms. The molecule has 0 radical (unpaired) electrons. The lowest BCUT2D eigenvalue weighted by atomic mass is 9.96. The Morgan fingerprint density at radius 3 is 2.45 bits per heavy atom. The highest BCUT2D eigenvalue weighted by Crippen LogP contribution is 2.31. The molecule has 3 aromatic rings. The molecule has 4 rings (SSSR count). The monoisotopic (exact) mass is 386 g/mol. The third-order valence-electron chi connectivity index (χ3n) is 5.33. The van der Waals surface area contributed by atoms with E-state index >= 15 is 0 Å². The molecule has 1 aliphatic heterocycles. The number of benzene rings is 3. The van der Waals surface area contributed by atoms with E-state index < -0.39 is 0 Å². The first-order valence-corrected chi connectivity index (χ1v) is 10.1. The van der Waals surface area contributed by atoms with Gasteiger partial charge >= 0.3 is 0 Å². The van der Waals surface area contributed by atoms with Gasteiger partial charge in [-0.15, -0.1) is 0 Å². The maximum absolute atomic E-state index is 13.5. The Bertz CT molecular complexity index is 971. The number of hydrogen-bond donors (Lipinski definition) is 1. The first-order chi connectivity index (χ1) is 14.3. The molecule has 0 unspecified atom stereocenters. The van der Waals surface area contributed by atoms with E-state index in [9.17, 15) is 4.79 Å². The molecule has 0 aliphatic carbocycles. The van der Waals surface area contributed by atoms with Crippen LogP contribution in [0.15, 0.2) is 78.9 Å². The van der Waals surface area contributed by atoms with E-state index in [0.717, 1.165) is 25.1 Å². The van der Waals surface area contributed by atoms with Gasteiger partial charge in [0.25, 0.3) is 0 Å². The fourth-order valence-electron chi connectivity index (χ4n) is 3.95. The minimum Gasteiger partial charge on any atom is -0.492 e. The number of amides is 1. The number of rotatable bonds is 6. The SMILES string of the molecule is CCOc1ccccc1NC(=O)[C@@H](c1ccccc1)N1CCc2ccccc2C1. The summed E-state index contributed by atoms with van der Waals surface area (Å²) in [6.07, 6.45) is 0.947. The topological polar surface area (TPSA) is 41.6 Å². The number of anilines is 1. The smallest absolute Gasteiger partial charge is 0.246 e. The fourth-order valence-corrected chi connectivity index (χ4v) is 3.95. The summed E-state index contributed by atoms with van der Waals surface area (Å²) in [6.45, 7) is 4.10. The molecule has 1 N–H and O–H groups in total. The molecule has 0 saturated carbocycles. The van der Waals surface area contributed by atoms with Crippen LogP contribution in [0.3, 0.4) is 0 Å². The van der Waals surface area contributed by atoms with Crippen LogP contribution in [0.2, 0.25) is 0 Å². The number of fused-ring (bicyclic) bond motifs is 1. The molecule has 4 nitrogen and oxygen atoms in total. The number of ether oxygens (including phenoxy) is 1. The average molecular weight is 386 g/mol. The minimum atomic E-state index is -0.362. The predicted molar refractivity (Wildman–Crippen MR) is 116 cm³/mol. The molecule has 1 heterocycles. The number of carbonyl (C=O) groups is 1. The summed E-state index contributed by atoms with van der Waals surface area (Å²) in [4.78, 5) is 15.7. The summed E-state index contributed by atoms with van der Waals surface area (Å²) in [5.74, 6) is 0.655. The zero-order valence-electron chi connectivity index (χ0n) is 16.7. The van der Waals surface area contributed by atoms with Crippen LogP contribution in [-0.4, -0.2) is 24.0 Å². The van der Waals surface area contributed by atoms with E-state index in [1.54, 1.807) is 0 Å². The zero-order chi connectivity index (χ0) is 20.1. The number of nitrogens with zero attached hydrogens (tertiary/aromatic N) is 1. The van der Waals surface area contributed by atoms with Gasteiger partial charge in [0.05, 0.1) is 12.3 Å². The fraction of sp³-hybridized carbons (Fsp3) is 0.240. The van der Waals surface area contributed by atoms with Crippen LogP contribution in [0.1, 0.15) is 29.7 Å². The van der Waals surface area contributed by atoms with Crippen LogP contribution in [0.4, 0.5) is 5.69 Å². The molecule has 0 bridgehead atoms. The molecule has 29 heavy (non-hydrogen) atoms. The van der Waals surface area contributed by atoms with Crippen LogP contribution < -0.4 is 10.1 Å². The second-order valence-corrected chi connectivity index (χ2v) is 7.22. The molecule has 1 amide bonds. The third kappa shape index (κ3) is 4.33.